The minimum absolute atomic E-state index is 0.0816. The van der Waals surface area contributed by atoms with E-state index in [2.05, 4.69) is 4.36 Å². The molecule has 64 valence electrons. The predicted octanol–water partition coefficient (Wildman–Crippen LogP) is 0.528. The Hall–Kier alpha value is -0.620. The van der Waals surface area contributed by atoms with Gasteiger partial charge in [-0.3, -0.25) is 4.79 Å². The maximum absolute atomic E-state index is 10.9. The molecule has 2 aliphatic rings. The fraction of sp³-hybridized carbons (Fsp3) is 0.500. The number of thioether (sulfide) groups is 1. The van der Waals surface area contributed by atoms with Crippen molar-refractivity contribution >= 4 is 29.1 Å². The van der Waals surface area contributed by atoms with Crippen molar-refractivity contribution < 1.29 is 9.00 Å². The van der Waals surface area contributed by atoms with Crippen molar-refractivity contribution in [1.29, 1.82) is 0 Å². The Morgan fingerprint density at radius 2 is 2.58 bits per heavy atom. The van der Waals surface area contributed by atoms with Crippen LogP contribution in [0.1, 0.15) is 6.42 Å². The number of hydrogen-bond acceptors (Lipinski definition) is 4. The minimum Gasteiger partial charge on any atom is -0.306 e. The molecule has 0 radical (unpaired) electrons. The Morgan fingerprint density at radius 1 is 1.75 bits per heavy atom. The molecule has 4 nitrogen and oxygen atoms in total. The van der Waals surface area contributed by atoms with Crippen LogP contribution in [-0.4, -0.2) is 25.8 Å². The van der Waals surface area contributed by atoms with E-state index in [1.165, 1.54) is 0 Å². The van der Waals surface area contributed by atoms with Crippen LogP contribution in [0.4, 0.5) is 0 Å². The smallest absolute Gasteiger partial charge is 0.230 e. The summed E-state index contributed by atoms with van der Waals surface area (Å²) in [4.78, 5) is 12.6. The second-order valence-corrected chi connectivity index (χ2v) is 4.17. The van der Waals surface area contributed by atoms with E-state index >= 15 is 0 Å². The molecule has 0 aromatic rings. The molecule has 1 saturated heterocycles. The van der Waals surface area contributed by atoms with Gasteiger partial charge in [0.2, 0.25) is 17.4 Å². The van der Waals surface area contributed by atoms with Crippen molar-refractivity contribution in [2.24, 2.45) is 4.36 Å². The van der Waals surface area contributed by atoms with Gasteiger partial charge in [0, 0.05) is 6.20 Å². The highest BCUT2D eigenvalue weighted by Crippen LogP contribution is 2.37. The van der Waals surface area contributed by atoms with E-state index in [1.54, 1.807) is 28.9 Å². The molecule has 2 atom stereocenters. The molecule has 6 heteroatoms. The Kier molecular flexibility index (Phi) is 2.02. The molecular formula is C6H6N2O2S2. The molecule has 1 amide bonds. The molecule has 12 heavy (non-hydrogen) atoms. The van der Waals surface area contributed by atoms with E-state index in [0.29, 0.717) is 6.42 Å². The fourth-order valence-electron chi connectivity index (χ4n) is 1.17. The number of nitrogens with zero attached hydrogens (tertiary/aromatic N) is 2. The Morgan fingerprint density at radius 3 is 3.17 bits per heavy atom. The molecule has 2 aliphatic heterocycles. The van der Waals surface area contributed by atoms with Crippen molar-refractivity contribution in [3.8, 4) is 0 Å². The van der Waals surface area contributed by atoms with Crippen LogP contribution >= 0.6 is 11.8 Å². The largest absolute Gasteiger partial charge is 0.306 e. The lowest BCUT2D eigenvalue weighted by atomic mass is 10.2. The van der Waals surface area contributed by atoms with E-state index in [-0.39, 0.29) is 28.1 Å². The Balaban J connectivity index is 2.10. The van der Waals surface area contributed by atoms with Gasteiger partial charge in [0.1, 0.15) is 5.37 Å². The van der Waals surface area contributed by atoms with Crippen molar-refractivity contribution in [3.05, 3.63) is 12.3 Å². The minimum atomic E-state index is -0.0816. The van der Waals surface area contributed by atoms with Crippen LogP contribution in [-0.2, 0) is 16.3 Å². The van der Waals surface area contributed by atoms with Crippen LogP contribution in [0.5, 0.6) is 0 Å². The predicted molar refractivity (Wildman–Crippen MR) is 46.3 cm³/mol. The van der Waals surface area contributed by atoms with E-state index < -0.39 is 0 Å². The second kappa shape index (κ2) is 3.02. The first-order chi connectivity index (χ1) is 5.81. The Bertz CT molecular complexity index is 298. The summed E-state index contributed by atoms with van der Waals surface area (Å²) in [6.07, 6.45) is 4.06. The van der Waals surface area contributed by atoms with Crippen LogP contribution in [0.15, 0.2) is 16.6 Å². The van der Waals surface area contributed by atoms with Crippen LogP contribution in [0.3, 0.4) is 0 Å². The zero-order valence-electron chi connectivity index (χ0n) is 6.04. The number of carbonyl (C=O) groups is 1. The molecule has 0 aromatic carbocycles. The van der Waals surface area contributed by atoms with E-state index in [1.807, 2.05) is 0 Å². The molecule has 1 unspecified atom stereocenters. The molecular weight excluding hydrogens is 196 g/mol. The highest BCUT2D eigenvalue weighted by molar-refractivity contribution is 8.00. The van der Waals surface area contributed by atoms with Gasteiger partial charge in [-0.1, -0.05) is 0 Å². The van der Waals surface area contributed by atoms with E-state index in [0.717, 1.165) is 0 Å². The molecule has 0 bridgehead atoms. The lowest BCUT2D eigenvalue weighted by Crippen LogP contribution is -2.49. The number of fused-ring (bicyclic) bond motifs is 1. The average molecular weight is 202 g/mol. The van der Waals surface area contributed by atoms with E-state index in [9.17, 15) is 9.00 Å². The third-order valence-electron chi connectivity index (χ3n) is 1.80. The monoisotopic (exact) mass is 202 g/mol. The van der Waals surface area contributed by atoms with Crippen LogP contribution < -0.4 is 0 Å². The van der Waals surface area contributed by atoms with Crippen molar-refractivity contribution in [1.82, 2.24) is 4.90 Å². The van der Waals surface area contributed by atoms with Crippen molar-refractivity contribution in [2.75, 3.05) is 0 Å². The number of hydrogen-bond donors (Lipinski definition) is 0. The lowest BCUT2D eigenvalue weighted by molar-refractivity contribution is -0.137. The molecule has 0 aromatic heterocycles. The molecule has 1 fully saturated rings. The number of carbonyl (C=O) groups excluding carboxylic acids is 1. The fourth-order valence-corrected chi connectivity index (χ4v) is 2.67. The first kappa shape index (κ1) is 8.00. The first-order valence-corrected chi connectivity index (χ1v) is 5.09. The number of rotatable bonds is 1. The van der Waals surface area contributed by atoms with Gasteiger partial charge < -0.3 is 4.90 Å². The molecule has 0 aliphatic carbocycles. The van der Waals surface area contributed by atoms with Crippen LogP contribution in [0.2, 0.25) is 0 Å². The third kappa shape index (κ3) is 1.21. The summed E-state index contributed by atoms with van der Waals surface area (Å²) < 4.78 is 13.8. The van der Waals surface area contributed by atoms with Gasteiger partial charge in [0.25, 0.3) is 0 Å². The maximum atomic E-state index is 10.9. The van der Waals surface area contributed by atoms with E-state index in [4.69, 9.17) is 0 Å². The third-order valence-corrected chi connectivity index (χ3v) is 3.50. The molecule has 2 rings (SSSR count). The number of amides is 1. The highest BCUT2D eigenvalue weighted by Gasteiger charge is 2.38. The van der Waals surface area contributed by atoms with Gasteiger partial charge in [-0.25, -0.2) is 0 Å². The lowest BCUT2D eigenvalue weighted by Gasteiger charge is -2.40. The van der Waals surface area contributed by atoms with Crippen molar-refractivity contribution in [3.63, 3.8) is 0 Å². The van der Waals surface area contributed by atoms with Gasteiger partial charge in [0.05, 0.1) is 11.8 Å². The molecule has 2 heterocycles. The molecule has 0 saturated carbocycles. The molecule has 0 spiro atoms. The SMILES string of the molecule is O=S=NC1C=CN2C(=O)C[C@H]2S1. The standard InChI is InChI=1S/C6H6N2O2S2/c9-5-3-6-8(5)2-1-4(11-6)7-12-10/h1-2,4,6H,3H2/t4?,6-/m1/s1. The summed E-state index contributed by atoms with van der Waals surface area (Å²) in [6, 6.07) is 0. The summed E-state index contributed by atoms with van der Waals surface area (Å²) in [5.74, 6) is 0.150. The highest BCUT2D eigenvalue weighted by atomic mass is 32.2. The zero-order chi connectivity index (χ0) is 8.55. The number of β-lactam (4-membered cyclic amide) rings is 1. The average Bonchev–Trinajstić information content (AvgIpc) is 2.03. The normalized spacial score (nSPS) is 32.3. The quantitative estimate of drug-likeness (QED) is 0.583. The molecule has 0 N–H and O–H groups in total. The van der Waals surface area contributed by atoms with Crippen molar-refractivity contribution in [2.45, 2.75) is 17.2 Å². The van der Waals surface area contributed by atoms with Gasteiger partial charge in [-0.15, -0.1) is 11.8 Å². The van der Waals surface area contributed by atoms with Crippen LogP contribution in [0, 0.1) is 0 Å². The van der Waals surface area contributed by atoms with Gasteiger partial charge in [0.15, 0.2) is 0 Å². The maximum Gasteiger partial charge on any atom is 0.230 e. The first-order valence-electron chi connectivity index (χ1n) is 3.45. The topological polar surface area (TPSA) is 49.7 Å². The van der Waals surface area contributed by atoms with Crippen LogP contribution in [0.25, 0.3) is 0 Å². The summed E-state index contributed by atoms with van der Waals surface area (Å²) in [5, 5.41) is 0.130. The van der Waals surface area contributed by atoms with Gasteiger partial charge in [-0.2, -0.15) is 8.57 Å². The summed E-state index contributed by atoms with van der Waals surface area (Å²) in [7, 11) is 0. The Labute approximate surface area is 77.2 Å². The zero-order valence-corrected chi connectivity index (χ0v) is 7.68. The summed E-state index contributed by atoms with van der Waals surface area (Å²) in [5.41, 5.74) is 0. The second-order valence-electron chi connectivity index (χ2n) is 2.51. The van der Waals surface area contributed by atoms with Gasteiger partial charge in [-0.05, 0) is 6.08 Å². The summed E-state index contributed by atoms with van der Waals surface area (Å²) in [6.45, 7) is 0. The van der Waals surface area contributed by atoms with Gasteiger partial charge >= 0.3 is 0 Å². The summed E-state index contributed by atoms with van der Waals surface area (Å²) >= 11 is 1.78.